The second kappa shape index (κ2) is 12.3. The van der Waals surface area contributed by atoms with Gasteiger partial charge in [-0.2, -0.15) is 5.10 Å². The van der Waals surface area contributed by atoms with Gasteiger partial charge in [0, 0.05) is 25.6 Å². The molecule has 2 aromatic carbocycles. The molecule has 0 unspecified atom stereocenters. The van der Waals surface area contributed by atoms with Crippen molar-refractivity contribution in [1.82, 2.24) is 15.2 Å². The molecule has 38 heavy (non-hydrogen) atoms. The number of rotatable bonds is 9. The van der Waals surface area contributed by atoms with Gasteiger partial charge in [0.2, 0.25) is 0 Å². The Morgan fingerprint density at radius 1 is 1.03 bits per heavy atom. The van der Waals surface area contributed by atoms with E-state index >= 15 is 0 Å². The molecule has 1 atom stereocenters. The number of aryl methyl sites for hydroxylation is 2. The largest absolute Gasteiger partial charge is 0.493 e. The van der Waals surface area contributed by atoms with E-state index in [0.717, 1.165) is 22.4 Å². The Labute approximate surface area is 225 Å². The van der Waals surface area contributed by atoms with Crippen LogP contribution in [0.1, 0.15) is 55.5 Å². The van der Waals surface area contributed by atoms with Crippen LogP contribution in [0.15, 0.2) is 41.5 Å². The number of nitrogens with zero attached hydrogens (tertiary/aromatic N) is 3. The number of methoxy groups -OCH3 is 3. The fourth-order valence-corrected chi connectivity index (χ4v) is 4.24. The first-order valence-corrected chi connectivity index (χ1v) is 12.7. The van der Waals surface area contributed by atoms with Crippen LogP contribution in [0.2, 0.25) is 0 Å². The zero-order valence-electron chi connectivity index (χ0n) is 23.8. The van der Waals surface area contributed by atoms with Crippen molar-refractivity contribution in [3.05, 3.63) is 58.7 Å². The Bertz CT molecular complexity index is 1190. The van der Waals surface area contributed by atoms with Crippen LogP contribution in [-0.2, 0) is 9.53 Å². The molecule has 0 saturated heterocycles. The predicted molar refractivity (Wildman–Crippen MR) is 148 cm³/mol. The maximum absolute atomic E-state index is 13.7. The summed E-state index contributed by atoms with van der Waals surface area (Å²) in [6.45, 7) is 10.3. The zero-order valence-corrected chi connectivity index (χ0v) is 23.8. The molecule has 3 rings (SSSR count). The molecule has 1 heterocycles. The summed E-state index contributed by atoms with van der Waals surface area (Å²) in [5, 5.41) is 9.22. The van der Waals surface area contributed by atoms with Gasteiger partial charge in [-0.3, -0.25) is 4.79 Å². The van der Waals surface area contributed by atoms with Gasteiger partial charge in [-0.15, -0.1) is 0 Å². The molecule has 0 aliphatic carbocycles. The van der Waals surface area contributed by atoms with E-state index in [-0.39, 0.29) is 31.1 Å². The summed E-state index contributed by atoms with van der Waals surface area (Å²) >= 11 is 0. The van der Waals surface area contributed by atoms with Gasteiger partial charge in [-0.1, -0.05) is 18.2 Å². The molecule has 3 amide bonds. The lowest BCUT2D eigenvalue weighted by Crippen LogP contribution is -2.52. The zero-order chi connectivity index (χ0) is 28.0. The van der Waals surface area contributed by atoms with Crippen molar-refractivity contribution in [3.63, 3.8) is 0 Å². The Hall–Kier alpha value is -3.59. The maximum atomic E-state index is 13.7. The smallest absolute Gasteiger partial charge is 0.318 e. The van der Waals surface area contributed by atoms with Crippen molar-refractivity contribution >= 4 is 17.6 Å². The lowest BCUT2D eigenvalue weighted by atomic mass is 9.96. The van der Waals surface area contributed by atoms with Gasteiger partial charge in [-0.25, -0.2) is 9.80 Å². The van der Waals surface area contributed by atoms with E-state index in [1.165, 1.54) is 15.5 Å². The topological polar surface area (TPSA) is 92.7 Å². The summed E-state index contributed by atoms with van der Waals surface area (Å²) < 4.78 is 16.1. The SMILES string of the molecule is COCCN(CC(=O)N1N=C(c2ccc(C)c(C)c2)C[C@@H]1c1ccc(OC)c(OC)c1)C(=O)NC(C)(C)C. The molecule has 0 spiro atoms. The lowest BCUT2D eigenvalue weighted by molar-refractivity contribution is -0.133. The highest BCUT2D eigenvalue weighted by atomic mass is 16.5. The highest BCUT2D eigenvalue weighted by Crippen LogP contribution is 2.37. The molecule has 1 aliphatic heterocycles. The van der Waals surface area contributed by atoms with Crippen molar-refractivity contribution in [2.45, 2.75) is 52.6 Å². The number of urea groups is 1. The average Bonchev–Trinajstić information content (AvgIpc) is 3.32. The fraction of sp³-hybridized carbons (Fsp3) is 0.483. The van der Waals surface area contributed by atoms with E-state index in [2.05, 4.69) is 31.3 Å². The van der Waals surface area contributed by atoms with Crippen LogP contribution < -0.4 is 14.8 Å². The second-order valence-electron chi connectivity index (χ2n) is 10.5. The third kappa shape index (κ3) is 7.04. The van der Waals surface area contributed by atoms with Crippen molar-refractivity contribution in [2.24, 2.45) is 5.10 Å². The van der Waals surface area contributed by atoms with Gasteiger partial charge >= 0.3 is 6.03 Å². The molecule has 0 radical (unpaired) electrons. The molecule has 206 valence electrons. The number of benzene rings is 2. The van der Waals surface area contributed by atoms with E-state index in [0.29, 0.717) is 24.5 Å². The molecular weight excluding hydrogens is 484 g/mol. The van der Waals surface area contributed by atoms with Crippen LogP contribution in [-0.4, -0.2) is 74.1 Å². The van der Waals surface area contributed by atoms with Crippen molar-refractivity contribution in [3.8, 4) is 11.5 Å². The summed E-state index contributed by atoms with van der Waals surface area (Å²) in [4.78, 5) is 28.2. The number of hydrogen-bond donors (Lipinski definition) is 1. The van der Waals surface area contributed by atoms with Gasteiger partial charge in [0.25, 0.3) is 5.91 Å². The Balaban J connectivity index is 1.97. The standard InChI is InChI=1S/C29H40N4O5/c1-19-9-10-21(15-20(19)2)23-17-24(22-11-12-25(37-7)26(16-22)38-8)33(31-23)27(34)18-32(13-14-36-6)28(35)30-29(3,4)5/h9-12,15-16,24H,13-14,17-18H2,1-8H3,(H,30,35)/t24-/m1/s1. The Morgan fingerprint density at radius 3 is 2.34 bits per heavy atom. The quantitative estimate of drug-likeness (QED) is 0.523. The van der Waals surface area contributed by atoms with Gasteiger partial charge in [0.15, 0.2) is 11.5 Å². The van der Waals surface area contributed by atoms with Crippen LogP contribution >= 0.6 is 0 Å². The summed E-state index contributed by atoms with van der Waals surface area (Å²) in [7, 11) is 4.73. The van der Waals surface area contributed by atoms with Crippen LogP contribution in [0, 0.1) is 13.8 Å². The van der Waals surface area contributed by atoms with E-state index in [1.807, 2.05) is 45.0 Å². The van der Waals surface area contributed by atoms with E-state index in [1.54, 1.807) is 21.3 Å². The third-order valence-electron chi connectivity index (χ3n) is 6.46. The first kappa shape index (κ1) is 29.0. The minimum absolute atomic E-state index is 0.140. The number of amides is 3. The first-order chi connectivity index (χ1) is 18.0. The highest BCUT2D eigenvalue weighted by Gasteiger charge is 2.35. The van der Waals surface area contributed by atoms with Crippen molar-refractivity contribution < 1.29 is 23.8 Å². The fourth-order valence-electron chi connectivity index (χ4n) is 4.24. The molecule has 9 heteroatoms. The van der Waals surface area contributed by atoms with Gasteiger partial charge in [-0.05, 0) is 75.1 Å². The molecule has 9 nitrogen and oxygen atoms in total. The monoisotopic (exact) mass is 524 g/mol. The van der Waals surface area contributed by atoms with E-state index in [9.17, 15) is 9.59 Å². The molecule has 0 aromatic heterocycles. The summed E-state index contributed by atoms with van der Waals surface area (Å²) in [6, 6.07) is 11.1. The summed E-state index contributed by atoms with van der Waals surface area (Å²) in [5.41, 5.74) is 4.54. The number of hydrazone groups is 1. The van der Waals surface area contributed by atoms with Crippen LogP contribution in [0.25, 0.3) is 0 Å². The molecular formula is C29H40N4O5. The third-order valence-corrected chi connectivity index (χ3v) is 6.46. The van der Waals surface area contributed by atoms with Gasteiger partial charge in [0.05, 0.1) is 32.6 Å². The highest BCUT2D eigenvalue weighted by molar-refractivity contribution is 6.03. The van der Waals surface area contributed by atoms with Crippen molar-refractivity contribution in [2.75, 3.05) is 41.0 Å². The minimum atomic E-state index is -0.449. The number of carbonyl (C=O) groups excluding carboxylic acids is 2. The lowest BCUT2D eigenvalue weighted by Gasteiger charge is -2.30. The van der Waals surface area contributed by atoms with Crippen molar-refractivity contribution in [1.29, 1.82) is 0 Å². The molecule has 0 bridgehead atoms. The van der Waals surface area contributed by atoms with Crippen LogP contribution in [0.4, 0.5) is 4.79 Å². The molecule has 2 aromatic rings. The second-order valence-corrected chi connectivity index (χ2v) is 10.5. The van der Waals surface area contributed by atoms with Crippen LogP contribution in [0.5, 0.6) is 11.5 Å². The molecule has 1 aliphatic rings. The Kier molecular flexibility index (Phi) is 9.38. The molecule has 1 N–H and O–H groups in total. The van der Waals surface area contributed by atoms with E-state index < -0.39 is 5.54 Å². The van der Waals surface area contributed by atoms with Gasteiger partial charge in [0.1, 0.15) is 6.54 Å². The number of carbonyl (C=O) groups is 2. The number of hydrogen-bond acceptors (Lipinski definition) is 6. The molecule has 0 fully saturated rings. The molecule has 0 saturated carbocycles. The normalized spacial score (nSPS) is 15.2. The summed E-state index contributed by atoms with van der Waals surface area (Å²) in [6.07, 6.45) is 0.524. The van der Waals surface area contributed by atoms with Crippen LogP contribution in [0.3, 0.4) is 0 Å². The van der Waals surface area contributed by atoms with Gasteiger partial charge < -0.3 is 24.4 Å². The predicted octanol–water partition coefficient (Wildman–Crippen LogP) is 4.45. The Morgan fingerprint density at radius 2 is 1.74 bits per heavy atom. The maximum Gasteiger partial charge on any atom is 0.318 e. The average molecular weight is 525 g/mol. The summed E-state index contributed by atoms with van der Waals surface area (Å²) in [5.74, 6) is 0.888. The minimum Gasteiger partial charge on any atom is -0.493 e. The number of nitrogens with one attached hydrogen (secondary N) is 1. The first-order valence-electron chi connectivity index (χ1n) is 12.7. The number of ether oxygens (including phenoxy) is 3. The van der Waals surface area contributed by atoms with E-state index in [4.69, 9.17) is 19.3 Å².